The third kappa shape index (κ3) is 7.86. The van der Waals surface area contributed by atoms with E-state index in [2.05, 4.69) is 5.32 Å². The smallest absolute Gasteiger partial charge is 0.329 e. The minimum Gasteiger partial charge on any atom is -0.607 e. The molecule has 0 fully saturated rings. The first kappa shape index (κ1) is 20.7. The number of nitrogens with one attached hydrogen (secondary N) is 1. The van der Waals surface area contributed by atoms with E-state index in [0.717, 1.165) is 6.08 Å². The number of esters is 2. The fourth-order valence-corrected chi connectivity index (χ4v) is 2.63. The molecule has 7 nitrogen and oxygen atoms in total. The Balaban J connectivity index is 2.68. The summed E-state index contributed by atoms with van der Waals surface area (Å²) in [6.07, 6.45) is 0.717. The zero-order valence-electron chi connectivity index (χ0n) is 14.1. The number of rotatable bonds is 9. The van der Waals surface area contributed by atoms with Gasteiger partial charge in [-0.05, 0) is 26.0 Å². The Morgan fingerprint density at radius 1 is 1.16 bits per heavy atom. The van der Waals surface area contributed by atoms with E-state index in [9.17, 15) is 18.9 Å². The highest BCUT2D eigenvalue weighted by Gasteiger charge is 2.25. The molecule has 1 N–H and O–H groups in total. The SMILES string of the molecule is CCOC(=O)C[C@@H](NC(=O)C=C[S+]([O-])c1ccccc1)C(=O)OCC. The lowest BCUT2D eigenvalue weighted by Crippen LogP contribution is -2.43. The summed E-state index contributed by atoms with van der Waals surface area (Å²) in [5.41, 5.74) is 0. The molecule has 1 rings (SSSR count). The van der Waals surface area contributed by atoms with Crippen molar-refractivity contribution in [3.05, 3.63) is 41.8 Å². The van der Waals surface area contributed by atoms with E-state index >= 15 is 0 Å². The first-order chi connectivity index (χ1) is 12.0. The number of benzene rings is 1. The second kappa shape index (κ2) is 11.3. The van der Waals surface area contributed by atoms with Gasteiger partial charge in [0, 0.05) is 11.2 Å². The van der Waals surface area contributed by atoms with Crippen molar-refractivity contribution < 1.29 is 28.4 Å². The van der Waals surface area contributed by atoms with E-state index in [0.29, 0.717) is 4.90 Å². The highest BCUT2D eigenvalue weighted by molar-refractivity contribution is 7.94. The summed E-state index contributed by atoms with van der Waals surface area (Å²) in [6.45, 7) is 3.53. The topological polar surface area (TPSA) is 105 Å². The summed E-state index contributed by atoms with van der Waals surface area (Å²) < 4.78 is 21.6. The van der Waals surface area contributed by atoms with Crippen molar-refractivity contribution in [1.29, 1.82) is 0 Å². The number of carbonyl (C=O) groups is 3. The highest BCUT2D eigenvalue weighted by Crippen LogP contribution is 2.11. The maximum Gasteiger partial charge on any atom is 0.329 e. The maximum absolute atomic E-state index is 12.0. The Labute approximate surface area is 149 Å². The molecule has 136 valence electrons. The van der Waals surface area contributed by atoms with Gasteiger partial charge in [-0.25, -0.2) is 4.79 Å². The van der Waals surface area contributed by atoms with Gasteiger partial charge in [-0.3, -0.25) is 9.59 Å². The number of hydrogen-bond acceptors (Lipinski definition) is 6. The monoisotopic (exact) mass is 367 g/mol. The second-order valence-electron chi connectivity index (χ2n) is 4.74. The highest BCUT2D eigenvalue weighted by atomic mass is 32.2. The van der Waals surface area contributed by atoms with Gasteiger partial charge in [-0.1, -0.05) is 18.2 Å². The Bertz CT molecular complexity index is 604. The van der Waals surface area contributed by atoms with Crippen LogP contribution in [-0.2, 0) is 35.0 Å². The van der Waals surface area contributed by atoms with Crippen LogP contribution in [0.1, 0.15) is 20.3 Å². The molecule has 1 unspecified atom stereocenters. The fourth-order valence-electron chi connectivity index (χ4n) is 1.80. The predicted molar refractivity (Wildman–Crippen MR) is 91.8 cm³/mol. The van der Waals surface area contributed by atoms with Gasteiger partial charge in [-0.15, -0.1) is 0 Å². The molecule has 1 aromatic rings. The van der Waals surface area contributed by atoms with E-state index in [1.807, 2.05) is 0 Å². The maximum atomic E-state index is 12.0. The van der Waals surface area contributed by atoms with Crippen LogP contribution in [0.2, 0.25) is 0 Å². The quantitative estimate of drug-likeness (QED) is 0.401. The first-order valence-electron chi connectivity index (χ1n) is 7.74. The molecular weight excluding hydrogens is 346 g/mol. The van der Waals surface area contributed by atoms with E-state index in [1.54, 1.807) is 44.2 Å². The normalized spacial score (nSPS) is 13.1. The Kier molecular flexibility index (Phi) is 9.34. The molecule has 0 heterocycles. The van der Waals surface area contributed by atoms with Gasteiger partial charge in [-0.2, -0.15) is 0 Å². The van der Waals surface area contributed by atoms with Gasteiger partial charge < -0.3 is 19.3 Å². The van der Waals surface area contributed by atoms with Gasteiger partial charge in [0.25, 0.3) is 0 Å². The molecule has 0 radical (unpaired) electrons. The molecule has 0 saturated carbocycles. The summed E-state index contributed by atoms with van der Waals surface area (Å²) in [6, 6.07) is 7.42. The molecule has 2 atom stereocenters. The lowest BCUT2D eigenvalue weighted by Gasteiger charge is -2.15. The van der Waals surface area contributed by atoms with Gasteiger partial charge in [0.2, 0.25) is 5.91 Å². The molecule has 25 heavy (non-hydrogen) atoms. The summed E-state index contributed by atoms with van der Waals surface area (Å²) >= 11 is -1.50. The zero-order valence-corrected chi connectivity index (χ0v) is 14.9. The Morgan fingerprint density at radius 2 is 1.80 bits per heavy atom. The largest absolute Gasteiger partial charge is 0.607 e. The molecule has 1 amide bonds. The van der Waals surface area contributed by atoms with Gasteiger partial charge in [0.05, 0.1) is 25.7 Å². The van der Waals surface area contributed by atoms with Gasteiger partial charge in [0.1, 0.15) is 11.4 Å². The van der Waals surface area contributed by atoms with Crippen LogP contribution >= 0.6 is 0 Å². The third-order valence-electron chi connectivity index (χ3n) is 2.88. The zero-order chi connectivity index (χ0) is 18.7. The third-order valence-corrected chi connectivity index (χ3v) is 4.00. The molecule has 0 saturated heterocycles. The van der Waals surface area contributed by atoms with Crippen LogP contribution in [0.4, 0.5) is 0 Å². The van der Waals surface area contributed by atoms with Crippen LogP contribution in [0.5, 0.6) is 0 Å². The van der Waals surface area contributed by atoms with Gasteiger partial charge >= 0.3 is 11.9 Å². The van der Waals surface area contributed by atoms with Crippen LogP contribution in [-0.4, -0.2) is 41.7 Å². The Morgan fingerprint density at radius 3 is 2.40 bits per heavy atom. The summed E-state index contributed by atoms with van der Waals surface area (Å²) in [5.74, 6) is -2.02. The Hall–Kier alpha value is -2.32. The van der Waals surface area contributed by atoms with E-state index in [-0.39, 0.29) is 19.6 Å². The summed E-state index contributed by atoms with van der Waals surface area (Å²) in [4.78, 5) is 35.9. The minimum absolute atomic E-state index is 0.113. The first-order valence-corrected chi connectivity index (χ1v) is 8.95. The fraction of sp³-hybridized carbons (Fsp3) is 0.353. The lowest BCUT2D eigenvalue weighted by atomic mass is 10.2. The molecule has 1 aromatic carbocycles. The number of ether oxygens (including phenoxy) is 2. The molecule has 0 aliphatic carbocycles. The van der Waals surface area contributed by atoms with Crippen LogP contribution in [0.25, 0.3) is 0 Å². The van der Waals surface area contributed by atoms with Gasteiger partial charge in [0.15, 0.2) is 4.90 Å². The average Bonchev–Trinajstić information content (AvgIpc) is 2.60. The summed E-state index contributed by atoms with van der Waals surface area (Å²) in [5, 5.41) is 3.57. The predicted octanol–water partition coefficient (Wildman–Crippen LogP) is 1.31. The molecule has 0 spiro atoms. The van der Waals surface area contributed by atoms with Crippen LogP contribution in [0, 0.1) is 0 Å². The van der Waals surface area contributed by atoms with E-state index < -0.39 is 35.1 Å². The molecule has 8 heteroatoms. The second-order valence-corrected chi connectivity index (χ2v) is 6.07. The average molecular weight is 367 g/mol. The number of hydrogen-bond donors (Lipinski definition) is 1. The number of amides is 1. The molecule has 0 aromatic heterocycles. The molecule has 0 aliphatic rings. The number of carbonyl (C=O) groups excluding carboxylic acids is 3. The van der Waals surface area contributed by atoms with E-state index in [1.165, 1.54) is 5.41 Å². The van der Waals surface area contributed by atoms with Crippen molar-refractivity contribution in [3.8, 4) is 0 Å². The lowest BCUT2D eigenvalue weighted by molar-refractivity contribution is -0.153. The van der Waals surface area contributed by atoms with E-state index in [4.69, 9.17) is 9.47 Å². The van der Waals surface area contributed by atoms with Crippen LogP contribution in [0.15, 0.2) is 46.7 Å². The van der Waals surface area contributed by atoms with Crippen molar-refractivity contribution in [2.75, 3.05) is 13.2 Å². The standard InChI is InChI=1S/C17H21NO6S/c1-3-23-16(20)12-14(17(21)24-4-2)18-15(19)10-11-25(22)13-8-6-5-7-9-13/h5-11,14H,3-4,12H2,1-2H3,(H,18,19)/t14-,25?/m1/s1. The van der Waals surface area contributed by atoms with Crippen molar-refractivity contribution in [1.82, 2.24) is 5.32 Å². The van der Waals surface area contributed by atoms with Crippen molar-refractivity contribution in [2.45, 2.75) is 31.2 Å². The van der Waals surface area contributed by atoms with Crippen LogP contribution < -0.4 is 5.32 Å². The minimum atomic E-state index is -1.50. The molecular formula is C17H21NO6S. The molecule has 0 aliphatic heterocycles. The van der Waals surface area contributed by atoms with Crippen LogP contribution in [0.3, 0.4) is 0 Å². The van der Waals surface area contributed by atoms with Crippen molar-refractivity contribution in [3.63, 3.8) is 0 Å². The summed E-state index contributed by atoms with van der Waals surface area (Å²) in [7, 11) is 0. The molecule has 0 bridgehead atoms. The van der Waals surface area contributed by atoms with Crippen molar-refractivity contribution >= 4 is 29.0 Å². The van der Waals surface area contributed by atoms with Crippen molar-refractivity contribution in [2.24, 2.45) is 0 Å².